The minimum atomic E-state index is 0. The molecule has 0 radical (unpaired) electrons. The van der Waals surface area contributed by atoms with Gasteiger partial charge in [-0.15, -0.1) is 24.8 Å². The number of aromatic nitrogens is 1. The molecule has 1 heterocycles. The Morgan fingerprint density at radius 3 is 2.65 bits per heavy atom. The van der Waals surface area contributed by atoms with Gasteiger partial charge in [-0.2, -0.15) is 0 Å². The van der Waals surface area contributed by atoms with Crippen LogP contribution in [-0.4, -0.2) is 37.6 Å². The number of amides is 1. The summed E-state index contributed by atoms with van der Waals surface area (Å²) < 4.78 is 0. The lowest BCUT2D eigenvalue weighted by atomic mass is 10.1. The highest BCUT2D eigenvalue weighted by Gasteiger charge is 2.10. The van der Waals surface area contributed by atoms with Crippen molar-refractivity contribution in [1.82, 2.24) is 15.6 Å². The molecule has 1 aromatic heterocycles. The van der Waals surface area contributed by atoms with Gasteiger partial charge in [-0.1, -0.05) is 13.0 Å². The lowest BCUT2D eigenvalue weighted by molar-refractivity contribution is -0.124. The molecule has 1 aromatic rings. The Labute approximate surface area is 133 Å². The molecule has 1 unspecified atom stereocenters. The molecule has 0 aliphatic carbocycles. The molecule has 0 saturated heterocycles. The molecular formula is C13H24Cl2N4O. The Morgan fingerprint density at radius 1 is 1.30 bits per heavy atom. The van der Waals surface area contributed by atoms with Crippen LogP contribution in [0.3, 0.4) is 0 Å². The van der Waals surface area contributed by atoms with Crippen LogP contribution >= 0.6 is 24.8 Å². The van der Waals surface area contributed by atoms with E-state index in [-0.39, 0.29) is 36.6 Å². The number of nitrogens with one attached hydrogen (secondary N) is 3. The predicted molar refractivity (Wildman–Crippen MR) is 87.9 cm³/mol. The van der Waals surface area contributed by atoms with E-state index in [4.69, 9.17) is 0 Å². The molecule has 0 spiro atoms. The minimum absolute atomic E-state index is 0. The third-order valence-electron chi connectivity index (χ3n) is 2.58. The van der Waals surface area contributed by atoms with Crippen LogP contribution in [-0.2, 0) is 4.79 Å². The summed E-state index contributed by atoms with van der Waals surface area (Å²) in [5, 5.41) is 9.10. The molecule has 3 N–H and O–H groups in total. The molecule has 0 bridgehead atoms. The summed E-state index contributed by atoms with van der Waals surface area (Å²) >= 11 is 0. The van der Waals surface area contributed by atoms with Gasteiger partial charge in [0, 0.05) is 31.7 Å². The maximum Gasteiger partial charge on any atom is 0.224 e. The Morgan fingerprint density at radius 2 is 2.05 bits per heavy atom. The third kappa shape index (κ3) is 8.96. The maximum absolute atomic E-state index is 11.6. The molecular weight excluding hydrogens is 299 g/mol. The standard InChI is InChI=1S/C13H22N4O.2ClH/c1-11(10-14-2)13(18)17-9-5-8-16-12-6-3-4-7-15-12;;/h3-4,6-7,11,14H,5,8-10H2,1-2H3,(H,15,16)(H,17,18);2*1H. The number of carbonyl (C=O) groups excluding carboxylic acids is 1. The van der Waals surface area contributed by atoms with Gasteiger partial charge in [0.05, 0.1) is 0 Å². The molecule has 1 rings (SSSR count). The molecule has 116 valence electrons. The largest absolute Gasteiger partial charge is 0.370 e. The van der Waals surface area contributed by atoms with Crippen LogP contribution < -0.4 is 16.0 Å². The van der Waals surface area contributed by atoms with Gasteiger partial charge in [0.1, 0.15) is 5.82 Å². The number of carbonyl (C=O) groups is 1. The first-order valence-electron chi connectivity index (χ1n) is 6.31. The van der Waals surface area contributed by atoms with Gasteiger partial charge < -0.3 is 16.0 Å². The van der Waals surface area contributed by atoms with E-state index in [1.807, 2.05) is 32.2 Å². The Kier molecular flexibility index (Phi) is 13.8. The van der Waals surface area contributed by atoms with Gasteiger partial charge >= 0.3 is 0 Å². The normalized spacial score (nSPS) is 10.7. The highest BCUT2D eigenvalue weighted by atomic mass is 35.5. The van der Waals surface area contributed by atoms with Crippen LogP contribution in [0.5, 0.6) is 0 Å². The molecule has 0 fully saturated rings. The van der Waals surface area contributed by atoms with Crippen molar-refractivity contribution in [2.45, 2.75) is 13.3 Å². The van der Waals surface area contributed by atoms with Gasteiger partial charge in [-0.25, -0.2) is 4.98 Å². The quantitative estimate of drug-likeness (QED) is 0.637. The molecule has 0 aliphatic rings. The van der Waals surface area contributed by atoms with E-state index in [1.54, 1.807) is 6.20 Å². The average molecular weight is 323 g/mol. The first-order valence-corrected chi connectivity index (χ1v) is 6.31. The Bertz CT molecular complexity index is 351. The summed E-state index contributed by atoms with van der Waals surface area (Å²) in [6.07, 6.45) is 2.64. The van der Waals surface area contributed by atoms with E-state index >= 15 is 0 Å². The Balaban J connectivity index is 0. The van der Waals surface area contributed by atoms with Crippen molar-refractivity contribution in [3.05, 3.63) is 24.4 Å². The highest BCUT2D eigenvalue weighted by molar-refractivity contribution is 5.85. The van der Waals surface area contributed by atoms with E-state index < -0.39 is 0 Å². The molecule has 1 amide bonds. The van der Waals surface area contributed by atoms with Gasteiger partial charge in [0.25, 0.3) is 0 Å². The second-order valence-corrected chi connectivity index (χ2v) is 4.25. The van der Waals surface area contributed by atoms with Crippen LogP contribution in [0, 0.1) is 5.92 Å². The summed E-state index contributed by atoms with van der Waals surface area (Å²) in [7, 11) is 1.85. The second kappa shape index (κ2) is 13.0. The monoisotopic (exact) mass is 322 g/mol. The number of halogens is 2. The number of nitrogens with zero attached hydrogens (tertiary/aromatic N) is 1. The summed E-state index contributed by atoms with van der Waals surface area (Å²) in [6, 6.07) is 5.75. The van der Waals surface area contributed by atoms with E-state index in [0.29, 0.717) is 13.1 Å². The highest BCUT2D eigenvalue weighted by Crippen LogP contribution is 1.99. The molecule has 7 heteroatoms. The van der Waals surface area contributed by atoms with Crippen molar-refractivity contribution >= 4 is 36.5 Å². The van der Waals surface area contributed by atoms with E-state index in [2.05, 4.69) is 20.9 Å². The van der Waals surface area contributed by atoms with Crippen LogP contribution in [0.4, 0.5) is 5.82 Å². The van der Waals surface area contributed by atoms with Crippen molar-refractivity contribution in [1.29, 1.82) is 0 Å². The number of pyridine rings is 1. The maximum atomic E-state index is 11.6. The average Bonchev–Trinajstić information content (AvgIpc) is 2.39. The minimum Gasteiger partial charge on any atom is -0.370 e. The van der Waals surface area contributed by atoms with Gasteiger partial charge in [0.15, 0.2) is 0 Å². The number of hydrogen-bond acceptors (Lipinski definition) is 4. The zero-order valence-corrected chi connectivity index (χ0v) is 13.5. The van der Waals surface area contributed by atoms with Crippen molar-refractivity contribution in [2.24, 2.45) is 5.92 Å². The molecule has 0 aromatic carbocycles. The fraction of sp³-hybridized carbons (Fsp3) is 0.538. The van der Waals surface area contributed by atoms with Gasteiger partial charge in [-0.3, -0.25) is 4.79 Å². The summed E-state index contributed by atoms with van der Waals surface area (Å²) in [5.41, 5.74) is 0. The van der Waals surface area contributed by atoms with Crippen molar-refractivity contribution in [3.8, 4) is 0 Å². The number of rotatable bonds is 8. The van der Waals surface area contributed by atoms with Crippen LogP contribution in [0.1, 0.15) is 13.3 Å². The van der Waals surface area contributed by atoms with Crippen molar-refractivity contribution in [2.75, 3.05) is 32.0 Å². The molecule has 20 heavy (non-hydrogen) atoms. The van der Waals surface area contributed by atoms with E-state index in [1.165, 1.54) is 0 Å². The lowest BCUT2D eigenvalue weighted by Crippen LogP contribution is -2.35. The van der Waals surface area contributed by atoms with E-state index in [0.717, 1.165) is 18.8 Å². The molecule has 5 nitrogen and oxygen atoms in total. The van der Waals surface area contributed by atoms with Crippen LogP contribution in [0.15, 0.2) is 24.4 Å². The summed E-state index contributed by atoms with van der Waals surface area (Å²) in [5.74, 6) is 0.980. The molecule has 1 atom stereocenters. The van der Waals surface area contributed by atoms with Gasteiger partial charge in [0.2, 0.25) is 5.91 Å². The SMILES string of the molecule is CNCC(C)C(=O)NCCCNc1ccccn1.Cl.Cl. The topological polar surface area (TPSA) is 66.1 Å². The Hall–Kier alpha value is -1.04. The number of hydrogen-bond donors (Lipinski definition) is 3. The van der Waals surface area contributed by atoms with Crippen LogP contribution in [0.25, 0.3) is 0 Å². The van der Waals surface area contributed by atoms with E-state index in [9.17, 15) is 4.79 Å². The summed E-state index contributed by atoms with van der Waals surface area (Å²) in [4.78, 5) is 15.7. The molecule has 0 aliphatic heterocycles. The van der Waals surface area contributed by atoms with Crippen molar-refractivity contribution < 1.29 is 4.79 Å². The second-order valence-electron chi connectivity index (χ2n) is 4.25. The third-order valence-corrected chi connectivity index (χ3v) is 2.58. The zero-order valence-electron chi connectivity index (χ0n) is 11.9. The van der Waals surface area contributed by atoms with Crippen molar-refractivity contribution in [3.63, 3.8) is 0 Å². The zero-order chi connectivity index (χ0) is 13.2. The predicted octanol–water partition coefficient (Wildman–Crippen LogP) is 1.70. The lowest BCUT2D eigenvalue weighted by Gasteiger charge is -2.11. The first kappa shape index (κ1) is 21.3. The number of anilines is 1. The van der Waals surface area contributed by atoms with Crippen LogP contribution in [0.2, 0.25) is 0 Å². The summed E-state index contributed by atoms with van der Waals surface area (Å²) in [6.45, 7) is 4.11. The molecule has 0 saturated carbocycles. The fourth-order valence-electron chi connectivity index (χ4n) is 1.56. The first-order chi connectivity index (χ1) is 8.74. The smallest absolute Gasteiger partial charge is 0.224 e. The van der Waals surface area contributed by atoms with Gasteiger partial charge in [-0.05, 0) is 25.6 Å². The fourth-order valence-corrected chi connectivity index (χ4v) is 1.56.